The second-order valence-corrected chi connectivity index (χ2v) is 1.86. The summed E-state index contributed by atoms with van der Waals surface area (Å²) in [7, 11) is 0. The molecule has 8 heavy (non-hydrogen) atoms. The molecule has 2 nitrogen and oxygen atoms in total. The standard InChI is InChI=1S/C5H6ClNO/c6-3-4-1-2-7-5(4)8/h3H,1-2H2,(H,7,8). The Morgan fingerprint density at radius 3 is 2.75 bits per heavy atom. The van der Waals surface area contributed by atoms with Gasteiger partial charge in [-0.15, -0.1) is 0 Å². The molecule has 0 radical (unpaired) electrons. The largest absolute Gasteiger partial charge is 0.352 e. The minimum atomic E-state index is -0.0278. The van der Waals surface area contributed by atoms with Gasteiger partial charge in [0.25, 0.3) is 0 Å². The summed E-state index contributed by atoms with van der Waals surface area (Å²) in [5.74, 6) is -0.0278. The first-order valence-electron chi connectivity index (χ1n) is 2.42. The Kier molecular flexibility index (Phi) is 1.53. The van der Waals surface area contributed by atoms with Gasteiger partial charge in [-0.1, -0.05) is 11.6 Å². The van der Waals surface area contributed by atoms with Crippen LogP contribution in [0.4, 0.5) is 0 Å². The Bertz CT molecular complexity index is 141. The Labute approximate surface area is 52.5 Å². The molecule has 0 spiro atoms. The maximum atomic E-state index is 10.5. The summed E-state index contributed by atoms with van der Waals surface area (Å²) in [5.41, 5.74) is 2.02. The third-order valence-corrected chi connectivity index (χ3v) is 1.37. The molecule has 1 amide bonds. The van der Waals surface area contributed by atoms with Crippen molar-refractivity contribution in [2.45, 2.75) is 6.42 Å². The molecule has 0 aromatic carbocycles. The average Bonchev–Trinajstić information content (AvgIpc) is 2.14. The number of nitrogens with one attached hydrogen (secondary N) is 1. The second kappa shape index (κ2) is 2.18. The van der Waals surface area contributed by atoms with Crippen LogP contribution in [0.2, 0.25) is 0 Å². The number of hydrogen-bond donors (Lipinski definition) is 1. The lowest BCUT2D eigenvalue weighted by molar-refractivity contribution is -0.116. The number of halogens is 1. The quantitative estimate of drug-likeness (QED) is 0.480. The lowest BCUT2D eigenvalue weighted by Gasteiger charge is -1.84. The van der Waals surface area contributed by atoms with Gasteiger partial charge in [-0.25, -0.2) is 0 Å². The van der Waals surface area contributed by atoms with Crippen LogP contribution in [-0.2, 0) is 4.79 Å². The van der Waals surface area contributed by atoms with E-state index in [-0.39, 0.29) is 5.91 Å². The fourth-order valence-corrected chi connectivity index (χ4v) is 0.850. The summed E-state index contributed by atoms with van der Waals surface area (Å²) >= 11 is 5.28. The zero-order valence-electron chi connectivity index (χ0n) is 4.28. The van der Waals surface area contributed by atoms with Crippen molar-refractivity contribution < 1.29 is 4.79 Å². The predicted octanol–water partition coefficient (Wildman–Crippen LogP) is 0.629. The van der Waals surface area contributed by atoms with Crippen molar-refractivity contribution in [3.8, 4) is 0 Å². The van der Waals surface area contributed by atoms with Crippen molar-refractivity contribution in [2.24, 2.45) is 0 Å². The Morgan fingerprint density at radius 1 is 1.75 bits per heavy atom. The monoisotopic (exact) mass is 131 g/mol. The minimum Gasteiger partial charge on any atom is -0.352 e. The number of hydrogen-bond acceptors (Lipinski definition) is 1. The first kappa shape index (κ1) is 5.63. The number of rotatable bonds is 0. The van der Waals surface area contributed by atoms with E-state index in [1.165, 1.54) is 5.54 Å². The molecule has 1 saturated heterocycles. The van der Waals surface area contributed by atoms with Crippen molar-refractivity contribution in [1.29, 1.82) is 0 Å². The lowest BCUT2D eigenvalue weighted by Crippen LogP contribution is -2.13. The molecule has 1 heterocycles. The van der Waals surface area contributed by atoms with E-state index in [4.69, 9.17) is 11.6 Å². The van der Waals surface area contributed by atoms with Crippen LogP contribution in [-0.4, -0.2) is 12.5 Å². The van der Waals surface area contributed by atoms with E-state index in [1.54, 1.807) is 0 Å². The maximum Gasteiger partial charge on any atom is 0.248 e. The van der Waals surface area contributed by atoms with Crippen LogP contribution in [0.25, 0.3) is 0 Å². The van der Waals surface area contributed by atoms with Crippen LogP contribution in [0.1, 0.15) is 6.42 Å². The van der Waals surface area contributed by atoms with E-state index in [1.807, 2.05) is 0 Å². The smallest absolute Gasteiger partial charge is 0.248 e. The van der Waals surface area contributed by atoms with E-state index in [9.17, 15) is 4.79 Å². The van der Waals surface area contributed by atoms with Gasteiger partial charge in [0.2, 0.25) is 5.91 Å². The molecule has 44 valence electrons. The topological polar surface area (TPSA) is 29.1 Å². The minimum absolute atomic E-state index is 0.0278. The molecule has 0 aromatic rings. The number of amides is 1. The second-order valence-electron chi connectivity index (χ2n) is 1.64. The zero-order valence-corrected chi connectivity index (χ0v) is 5.03. The van der Waals surface area contributed by atoms with Crippen LogP contribution < -0.4 is 5.32 Å². The normalized spacial score (nSPS) is 24.1. The Morgan fingerprint density at radius 2 is 2.50 bits per heavy atom. The van der Waals surface area contributed by atoms with Gasteiger partial charge in [0, 0.05) is 17.7 Å². The van der Waals surface area contributed by atoms with Crippen molar-refractivity contribution in [2.75, 3.05) is 6.54 Å². The third-order valence-electron chi connectivity index (χ3n) is 1.10. The predicted molar refractivity (Wildman–Crippen MR) is 31.6 cm³/mol. The van der Waals surface area contributed by atoms with Gasteiger partial charge in [0.15, 0.2) is 0 Å². The fraction of sp³-hybridized carbons (Fsp3) is 0.400. The number of carbonyl (C=O) groups is 1. The molecule has 0 aromatic heterocycles. The highest BCUT2D eigenvalue weighted by molar-refractivity contribution is 6.27. The van der Waals surface area contributed by atoms with Gasteiger partial charge in [0.1, 0.15) is 0 Å². The number of carbonyl (C=O) groups excluding carboxylic acids is 1. The third kappa shape index (κ3) is 0.842. The summed E-state index contributed by atoms with van der Waals surface area (Å²) in [5, 5.41) is 2.63. The molecule has 0 atom stereocenters. The molecular weight excluding hydrogens is 126 g/mol. The molecular formula is C5H6ClNO. The highest BCUT2D eigenvalue weighted by atomic mass is 35.5. The summed E-state index contributed by atoms with van der Waals surface area (Å²) < 4.78 is 0. The zero-order chi connectivity index (χ0) is 5.98. The molecule has 1 N–H and O–H groups in total. The molecule has 1 rings (SSSR count). The van der Waals surface area contributed by atoms with Crippen molar-refractivity contribution in [1.82, 2.24) is 5.32 Å². The summed E-state index contributed by atoms with van der Waals surface area (Å²) in [6.07, 6.45) is 0.766. The van der Waals surface area contributed by atoms with Crippen LogP contribution in [0.15, 0.2) is 11.1 Å². The van der Waals surface area contributed by atoms with E-state index in [2.05, 4.69) is 5.32 Å². The van der Waals surface area contributed by atoms with Gasteiger partial charge >= 0.3 is 0 Å². The highest BCUT2D eigenvalue weighted by Crippen LogP contribution is 2.07. The molecule has 1 aliphatic heterocycles. The molecule has 0 saturated carbocycles. The van der Waals surface area contributed by atoms with Gasteiger partial charge < -0.3 is 5.32 Å². The fourth-order valence-electron chi connectivity index (χ4n) is 0.642. The van der Waals surface area contributed by atoms with Gasteiger partial charge in [-0.3, -0.25) is 4.79 Å². The molecule has 3 heteroatoms. The van der Waals surface area contributed by atoms with Crippen LogP contribution in [0.3, 0.4) is 0 Å². The molecule has 0 unspecified atom stereocenters. The first-order valence-corrected chi connectivity index (χ1v) is 2.85. The van der Waals surface area contributed by atoms with Gasteiger partial charge in [-0.2, -0.15) is 0 Å². The highest BCUT2D eigenvalue weighted by Gasteiger charge is 2.14. The first-order chi connectivity index (χ1) is 3.84. The van der Waals surface area contributed by atoms with E-state index >= 15 is 0 Å². The van der Waals surface area contributed by atoms with E-state index in [0.29, 0.717) is 5.57 Å². The summed E-state index contributed by atoms with van der Waals surface area (Å²) in [6.45, 7) is 0.734. The lowest BCUT2D eigenvalue weighted by atomic mass is 10.3. The Hall–Kier alpha value is -0.500. The average molecular weight is 132 g/mol. The summed E-state index contributed by atoms with van der Waals surface area (Å²) in [4.78, 5) is 10.5. The molecule has 0 aliphatic carbocycles. The van der Waals surface area contributed by atoms with Crippen LogP contribution >= 0.6 is 11.6 Å². The van der Waals surface area contributed by atoms with Crippen LogP contribution in [0, 0.1) is 0 Å². The van der Waals surface area contributed by atoms with E-state index in [0.717, 1.165) is 13.0 Å². The van der Waals surface area contributed by atoms with Crippen molar-refractivity contribution in [3.63, 3.8) is 0 Å². The van der Waals surface area contributed by atoms with E-state index < -0.39 is 0 Å². The molecule has 1 aliphatic rings. The SMILES string of the molecule is O=C1NCCC1=CCl. The maximum absolute atomic E-state index is 10.5. The van der Waals surface area contributed by atoms with Gasteiger partial charge in [-0.05, 0) is 6.42 Å². The van der Waals surface area contributed by atoms with Crippen molar-refractivity contribution in [3.05, 3.63) is 11.1 Å². The summed E-state index contributed by atoms with van der Waals surface area (Å²) in [6, 6.07) is 0. The molecule has 0 bridgehead atoms. The molecule has 1 fully saturated rings. The van der Waals surface area contributed by atoms with Gasteiger partial charge in [0.05, 0.1) is 0 Å². The Balaban J connectivity index is 2.69. The van der Waals surface area contributed by atoms with Crippen LogP contribution in [0.5, 0.6) is 0 Å². The van der Waals surface area contributed by atoms with Crippen molar-refractivity contribution >= 4 is 17.5 Å².